The average Bonchev–Trinajstić information content (AvgIpc) is 1.55. The molecule has 12 heterocycles. The van der Waals surface area contributed by atoms with Gasteiger partial charge in [0.25, 0.3) is 11.8 Å². The number of anilines is 1. The zero-order chi connectivity index (χ0) is 77.9. The van der Waals surface area contributed by atoms with Crippen LogP contribution < -0.4 is 31.9 Å². The van der Waals surface area contributed by atoms with Crippen molar-refractivity contribution in [3.8, 4) is 0 Å². The lowest BCUT2D eigenvalue weighted by Gasteiger charge is -2.47. The van der Waals surface area contributed by atoms with Crippen molar-refractivity contribution in [2.45, 2.75) is 251 Å². The zero-order valence-electron chi connectivity index (χ0n) is 63.6. The van der Waals surface area contributed by atoms with Crippen LogP contribution in [0.25, 0.3) is 0 Å². The van der Waals surface area contributed by atoms with Gasteiger partial charge in [-0.2, -0.15) is 0 Å². The highest BCUT2D eigenvalue weighted by atomic mass is 16.8. The number of Topliss-reactive ketones (excluding diaryl/α,β-unsaturated/α-hetero) is 1. The first-order valence-corrected chi connectivity index (χ1v) is 39.9. The standard InChI is InChI=1S/C81H109N9O21/c1-47-33-55-20-22-60-48(2)34-57(104-60)26-27-81-40-65-75(110-81)76-77(109-65)78(111-81)74-61(108-76)23-21-56(106-74)36-53(91)37-58-63(39-62(105-55)49(47)3)107-64(73(58)102-4)38-54(92)41-85-80(101)103-46-51-16-18-52(19-17-51)86-67(94)44-84-79(100)59(35-50-13-9-8-10-14-50)87-68(95)43-82-66(93)42-83-69(96)45-88-29-31-89(32-30-88)70(97)15-11-6-5-7-12-28-90-71(98)24-25-72(90)99/h8-10,13-14,16-19,24-25,47,54-65,73-78,92H,2-3,5-7,11-12,15,20-23,26-46H2,1,4H3,(H,82,93)(H,83,96)(H,84,100)(H,85,101)(H,86,94)(H,87,95)/t47-,54+,55+,56-,57+,58+,59+,60+,61+,62-,63+,64-,65-,73-,74+,75+,76?,77?,78+,81+/m1/s1. The summed E-state index contributed by atoms with van der Waals surface area (Å²) in [6, 6.07) is 14.2. The number of rotatable bonds is 28. The fourth-order valence-corrected chi connectivity index (χ4v) is 17.9. The minimum absolute atomic E-state index is 0.00653. The Hall–Kier alpha value is -7.88. The molecule has 11 saturated heterocycles. The number of imide groups is 1. The summed E-state index contributed by atoms with van der Waals surface area (Å²) in [5, 5.41) is 27.2. The van der Waals surface area contributed by atoms with Crippen LogP contribution in [0.4, 0.5) is 10.5 Å². The summed E-state index contributed by atoms with van der Waals surface area (Å²) in [5.74, 6) is -4.62. The van der Waals surface area contributed by atoms with Crippen molar-refractivity contribution in [1.82, 2.24) is 41.3 Å². The molecule has 7 N–H and O–H groups in total. The molecule has 14 rings (SSSR count). The van der Waals surface area contributed by atoms with Crippen LogP contribution in [0.15, 0.2) is 91.1 Å². The number of piperazine rings is 1. The van der Waals surface area contributed by atoms with Gasteiger partial charge >= 0.3 is 6.09 Å². The molecule has 0 aromatic heterocycles. The van der Waals surface area contributed by atoms with E-state index < -0.39 is 110 Å². The number of amides is 9. The molecule has 20 atom stereocenters. The predicted molar refractivity (Wildman–Crippen MR) is 398 cm³/mol. The van der Waals surface area contributed by atoms with Crippen LogP contribution in [-0.2, 0) is 104 Å². The molecule has 0 saturated carbocycles. The number of ether oxygens (including phenoxy) is 10. The highest BCUT2D eigenvalue weighted by molar-refractivity contribution is 6.12. The third-order valence-corrected chi connectivity index (χ3v) is 23.8. The van der Waals surface area contributed by atoms with Crippen molar-refractivity contribution in [3.05, 3.63) is 102 Å². The number of hydrogen-bond acceptors (Lipinski definition) is 22. The average molecular weight is 1540 g/mol. The summed E-state index contributed by atoms with van der Waals surface area (Å²) in [5.41, 5.74) is 3.71. The summed E-state index contributed by atoms with van der Waals surface area (Å²) >= 11 is 0. The molecule has 2 unspecified atom stereocenters. The minimum atomic E-state index is -1.14. The number of nitrogens with zero attached hydrogens (tertiary/aromatic N) is 3. The van der Waals surface area contributed by atoms with Crippen LogP contribution in [-0.4, -0.2) is 261 Å². The molecule has 0 aliphatic carbocycles. The van der Waals surface area contributed by atoms with Crippen LogP contribution >= 0.6 is 0 Å². The maximum atomic E-state index is 14.6. The normalized spacial score (nSPS) is 32.3. The van der Waals surface area contributed by atoms with Crippen LogP contribution in [0.3, 0.4) is 0 Å². The molecule has 1 spiro atoms. The Bertz CT molecular complexity index is 3710. The van der Waals surface area contributed by atoms with E-state index in [-0.39, 0.29) is 136 Å². The topological polar surface area (TPSA) is 365 Å². The van der Waals surface area contributed by atoms with Crippen LogP contribution in [0, 0.1) is 11.8 Å². The molecule has 2 aromatic carbocycles. The van der Waals surface area contributed by atoms with Gasteiger partial charge in [-0.25, -0.2) is 4.79 Å². The van der Waals surface area contributed by atoms with Gasteiger partial charge in [0.1, 0.15) is 49.0 Å². The number of methoxy groups -OCH3 is 1. The SMILES string of the molecule is C=C1C[C@@H]2CC[C@@]34C[C@H]5OC6C(O[C@H]7CC[C@H](CC(=O)C[C@@H]8[C@@H](OC)[C@@H](C[C@H](O)CNC(=O)OCc9ccc(NC(=O)CNC(=O)[C@H](Cc%10ccccc%10)NC(=O)CNC(=O)CNC(=O)CN%10CCN(C(=O)CCCCCCCN%11C(=O)C=CC%11=O)CC%10)cc9)O[C@H]8C[C@H]8O[C@@H](CC[C@@H]1O2)C[C@@H](C)C8=C)O[C@@H]7[C@@H]6O3)[C@H]5O4. The van der Waals surface area contributed by atoms with Gasteiger partial charge in [0.15, 0.2) is 5.79 Å². The zero-order valence-corrected chi connectivity index (χ0v) is 63.6. The smallest absolute Gasteiger partial charge is 0.407 e. The Labute approximate surface area is 647 Å². The summed E-state index contributed by atoms with van der Waals surface area (Å²) in [6.45, 7) is 11.7. The van der Waals surface area contributed by atoms with Gasteiger partial charge in [-0.1, -0.05) is 81.8 Å². The number of hydrogen-bond donors (Lipinski definition) is 7. The molecule has 2 aromatic rings. The molecular weight excluding hydrogens is 1430 g/mol. The number of aliphatic hydroxyl groups excluding tert-OH is 1. The molecule has 12 aliphatic rings. The fraction of sp³-hybridized carbons (Fsp3) is 0.654. The Morgan fingerprint density at radius 1 is 0.640 bits per heavy atom. The van der Waals surface area contributed by atoms with E-state index in [1.54, 1.807) is 66.6 Å². The number of ketones is 1. The molecule has 604 valence electrons. The number of fused-ring (bicyclic) bond motifs is 6. The van der Waals surface area contributed by atoms with Crippen molar-refractivity contribution < 1.29 is 100 Å². The minimum Gasteiger partial charge on any atom is -0.445 e. The van der Waals surface area contributed by atoms with E-state index in [0.29, 0.717) is 94.5 Å². The van der Waals surface area contributed by atoms with E-state index in [1.807, 2.05) is 4.90 Å². The van der Waals surface area contributed by atoms with Gasteiger partial charge in [0.2, 0.25) is 35.4 Å². The largest absolute Gasteiger partial charge is 0.445 e. The van der Waals surface area contributed by atoms with Gasteiger partial charge in [-0.05, 0) is 98.1 Å². The highest BCUT2D eigenvalue weighted by Crippen LogP contribution is 2.55. The first-order valence-electron chi connectivity index (χ1n) is 39.9. The number of benzene rings is 2. The molecule has 12 bridgehead atoms. The lowest BCUT2D eigenvalue weighted by atomic mass is 9.81. The molecule has 12 aliphatic heterocycles. The molecule has 30 nitrogen and oxygen atoms in total. The third kappa shape index (κ3) is 20.9. The van der Waals surface area contributed by atoms with Crippen molar-refractivity contribution >= 4 is 64.8 Å². The second kappa shape index (κ2) is 37.4. The van der Waals surface area contributed by atoms with Crippen molar-refractivity contribution in [2.24, 2.45) is 11.8 Å². The van der Waals surface area contributed by atoms with Gasteiger partial charge in [-0.15, -0.1) is 0 Å². The molecular formula is C81H109N9O21. The van der Waals surface area contributed by atoms with Crippen molar-refractivity contribution in [3.63, 3.8) is 0 Å². The summed E-state index contributed by atoms with van der Waals surface area (Å²) in [7, 11) is 1.58. The maximum Gasteiger partial charge on any atom is 0.407 e. The summed E-state index contributed by atoms with van der Waals surface area (Å²) < 4.78 is 66.4. The van der Waals surface area contributed by atoms with Crippen molar-refractivity contribution in [2.75, 3.05) is 77.9 Å². The van der Waals surface area contributed by atoms with Gasteiger partial charge in [-0.3, -0.25) is 53.0 Å². The molecule has 11 fully saturated rings. The quantitative estimate of drug-likeness (QED) is 0.0361. The van der Waals surface area contributed by atoms with E-state index in [4.69, 9.17) is 47.4 Å². The number of nitrogens with one attached hydrogen (secondary N) is 6. The number of carbonyl (C=O) groups excluding carboxylic acids is 10. The second-order valence-electron chi connectivity index (χ2n) is 31.8. The predicted octanol–water partition coefficient (Wildman–Crippen LogP) is 3.83. The lowest BCUT2D eigenvalue weighted by molar-refractivity contribution is -0.292. The van der Waals surface area contributed by atoms with Crippen LogP contribution in [0.2, 0.25) is 0 Å². The highest BCUT2D eigenvalue weighted by Gasteiger charge is 2.69. The van der Waals surface area contributed by atoms with E-state index in [0.717, 1.165) is 68.9 Å². The van der Waals surface area contributed by atoms with E-state index in [9.17, 15) is 53.1 Å². The van der Waals surface area contributed by atoms with E-state index in [1.165, 1.54) is 17.1 Å². The molecule has 111 heavy (non-hydrogen) atoms. The summed E-state index contributed by atoms with van der Waals surface area (Å²) in [6.07, 6.45) is 7.49. The van der Waals surface area contributed by atoms with Crippen molar-refractivity contribution in [1.29, 1.82) is 0 Å². The number of alkyl carbamates (subject to hydrolysis) is 1. The Morgan fingerprint density at radius 3 is 2.12 bits per heavy atom. The molecule has 30 heteroatoms. The van der Waals surface area contributed by atoms with Gasteiger partial charge in [0, 0.05) is 122 Å². The number of aliphatic hydroxyl groups is 1. The van der Waals surface area contributed by atoms with Gasteiger partial charge < -0.3 is 89.3 Å². The number of carbonyl (C=O) groups is 10. The summed E-state index contributed by atoms with van der Waals surface area (Å²) in [4.78, 5) is 134. The molecule has 9 amide bonds. The van der Waals surface area contributed by atoms with Gasteiger partial charge in [0.05, 0.1) is 93.3 Å². The first kappa shape index (κ1) is 81.1. The lowest BCUT2D eigenvalue weighted by Crippen LogP contribution is -2.61. The monoisotopic (exact) mass is 1540 g/mol. The third-order valence-electron chi connectivity index (χ3n) is 23.8. The molecule has 0 radical (unpaired) electrons. The first-order chi connectivity index (χ1) is 53.6. The Morgan fingerprint density at radius 2 is 1.33 bits per heavy atom. The maximum absolute atomic E-state index is 14.6. The Balaban J connectivity index is 0.525. The Kier molecular flexibility index (Phi) is 27.3. The fourth-order valence-electron chi connectivity index (χ4n) is 17.9. The second-order valence-corrected chi connectivity index (χ2v) is 31.8. The van der Waals surface area contributed by atoms with Crippen LogP contribution in [0.1, 0.15) is 140 Å². The number of unbranched alkanes of at least 4 members (excludes halogenated alkanes) is 4. The van der Waals surface area contributed by atoms with Crippen LogP contribution in [0.5, 0.6) is 0 Å². The van der Waals surface area contributed by atoms with E-state index >= 15 is 0 Å². The van der Waals surface area contributed by atoms with E-state index in [2.05, 4.69) is 52.0 Å².